The van der Waals surface area contributed by atoms with Crippen molar-refractivity contribution < 1.29 is 9.53 Å². The average Bonchev–Trinajstić information content (AvgIpc) is 2.60. The van der Waals surface area contributed by atoms with E-state index in [1.807, 2.05) is 0 Å². The summed E-state index contributed by atoms with van der Waals surface area (Å²) in [7, 11) is 0. The highest BCUT2D eigenvalue weighted by atomic mass is 35.5. The van der Waals surface area contributed by atoms with Crippen LogP contribution in [0.25, 0.3) is 10.9 Å². The summed E-state index contributed by atoms with van der Waals surface area (Å²) in [5, 5.41) is 1.78. The van der Waals surface area contributed by atoms with Crippen molar-refractivity contribution >= 4 is 40.1 Å². The summed E-state index contributed by atoms with van der Waals surface area (Å²) in [5.74, 6) is -0.400. The predicted molar refractivity (Wildman–Crippen MR) is 68.9 cm³/mol. The van der Waals surface area contributed by atoms with Crippen molar-refractivity contribution in [2.45, 2.75) is 20.0 Å². The molecule has 0 bridgehead atoms. The Morgan fingerprint density at radius 2 is 2.00 bits per heavy atom. The van der Waals surface area contributed by atoms with Gasteiger partial charge in [0.25, 0.3) is 0 Å². The number of nitrogens with one attached hydrogen (secondary N) is 1. The Morgan fingerprint density at radius 3 is 2.65 bits per heavy atom. The Hall–Kier alpha value is -1.19. The maximum absolute atomic E-state index is 11.7. The van der Waals surface area contributed by atoms with E-state index in [-0.39, 0.29) is 6.10 Å². The zero-order valence-corrected chi connectivity index (χ0v) is 10.9. The minimum atomic E-state index is -0.400. The third kappa shape index (κ3) is 2.56. The van der Waals surface area contributed by atoms with Gasteiger partial charge in [0.1, 0.15) is 5.69 Å². The number of aromatic nitrogens is 1. The van der Waals surface area contributed by atoms with Crippen LogP contribution < -0.4 is 0 Å². The van der Waals surface area contributed by atoms with Crippen LogP contribution in [-0.4, -0.2) is 17.1 Å². The summed E-state index contributed by atoms with van der Waals surface area (Å²) in [6.45, 7) is 3.59. The van der Waals surface area contributed by atoms with Gasteiger partial charge in [0.15, 0.2) is 0 Å². The van der Waals surface area contributed by atoms with Crippen molar-refractivity contribution in [3.63, 3.8) is 0 Å². The molecule has 0 aliphatic heterocycles. The number of carbonyl (C=O) groups is 1. The van der Waals surface area contributed by atoms with Crippen LogP contribution >= 0.6 is 23.2 Å². The van der Waals surface area contributed by atoms with Crippen molar-refractivity contribution in [3.05, 3.63) is 33.9 Å². The number of halogens is 2. The summed E-state index contributed by atoms with van der Waals surface area (Å²) in [5.41, 5.74) is 1.09. The van der Waals surface area contributed by atoms with E-state index < -0.39 is 5.97 Å². The van der Waals surface area contributed by atoms with Gasteiger partial charge in [0.05, 0.1) is 11.1 Å². The molecule has 0 aliphatic carbocycles. The van der Waals surface area contributed by atoms with Gasteiger partial charge >= 0.3 is 5.97 Å². The van der Waals surface area contributed by atoms with Gasteiger partial charge in [-0.1, -0.05) is 23.2 Å². The number of hydrogen-bond acceptors (Lipinski definition) is 2. The Morgan fingerprint density at radius 1 is 1.29 bits per heavy atom. The van der Waals surface area contributed by atoms with Crippen LogP contribution in [-0.2, 0) is 4.74 Å². The quantitative estimate of drug-likeness (QED) is 0.838. The van der Waals surface area contributed by atoms with Crippen LogP contribution in [0.1, 0.15) is 24.3 Å². The smallest absolute Gasteiger partial charge is 0.355 e. The van der Waals surface area contributed by atoms with Crippen LogP contribution in [0.15, 0.2) is 18.2 Å². The molecule has 2 rings (SSSR count). The second kappa shape index (κ2) is 4.59. The van der Waals surface area contributed by atoms with Crippen LogP contribution in [0.3, 0.4) is 0 Å². The fraction of sp³-hybridized carbons (Fsp3) is 0.250. The second-order valence-corrected chi connectivity index (χ2v) is 4.83. The minimum absolute atomic E-state index is 0.159. The van der Waals surface area contributed by atoms with E-state index >= 15 is 0 Å². The molecule has 0 saturated heterocycles. The summed E-state index contributed by atoms with van der Waals surface area (Å²) in [6.07, 6.45) is -0.159. The molecule has 1 heterocycles. The second-order valence-electron chi connectivity index (χ2n) is 3.99. The molecule has 1 aromatic carbocycles. The highest BCUT2D eigenvalue weighted by Gasteiger charge is 2.14. The van der Waals surface area contributed by atoms with Crippen LogP contribution in [0.2, 0.25) is 10.0 Å². The molecule has 0 aliphatic rings. The highest BCUT2D eigenvalue weighted by Crippen LogP contribution is 2.28. The van der Waals surface area contributed by atoms with E-state index in [2.05, 4.69) is 4.98 Å². The fourth-order valence-electron chi connectivity index (χ4n) is 1.55. The van der Waals surface area contributed by atoms with Crippen LogP contribution in [0.4, 0.5) is 0 Å². The summed E-state index contributed by atoms with van der Waals surface area (Å²) in [6, 6.07) is 5.02. The first kappa shape index (κ1) is 12.3. The van der Waals surface area contributed by atoms with E-state index in [0.717, 1.165) is 10.9 Å². The molecule has 0 fully saturated rings. The molecular weight excluding hydrogens is 261 g/mol. The minimum Gasteiger partial charge on any atom is -0.458 e. The van der Waals surface area contributed by atoms with Gasteiger partial charge in [-0.05, 0) is 32.0 Å². The zero-order chi connectivity index (χ0) is 12.6. The van der Waals surface area contributed by atoms with Gasteiger partial charge in [-0.2, -0.15) is 0 Å². The molecule has 2 aromatic rings. The summed E-state index contributed by atoms with van der Waals surface area (Å²) in [4.78, 5) is 14.6. The van der Waals surface area contributed by atoms with Gasteiger partial charge in [-0.25, -0.2) is 4.79 Å². The van der Waals surface area contributed by atoms with Crippen LogP contribution in [0, 0.1) is 0 Å². The Bertz CT molecular complexity index is 575. The molecule has 0 radical (unpaired) electrons. The van der Waals surface area contributed by atoms with Gasteiger partial charge in [-0.3, -0.25) is 0 Å². The van der Waals surface area contributed by atoms with Gasteiger partial charge in [0, 0.05) is 15.9 Å². The van der Waals surface area contributed by atoms with E-state index in [1.54, 1.807) is 32.0 Å². The molecule has 0 atom stereocenters. The number of esters is 1. The molecule has 1 N–H and O–H groups in total. The Balaban J connectivity index is 2.44. The standard InChI is InChI=1S/C12H11Cl2NO2/c1-6(2)17-12(16)11-5-8-9(14)3-7(13)4-10(8)15-11/h3-6,15H,1-2H3. The fourth-order valence-corrected chi connectivity index (χ4v) is 2.10. The van der Waals surface area contributed by atoms with E-state index in [9.17, 15) is 4.79 Å². The highest BCUT2D eigenvalue weighted by molar-refractivity contribution is 6.38. The molecule has 0 amide bonds. The summed E-state index contributed by atoms with van der Waals surface area (Å²) >= 11 is 11.9. The number of aromatic amines is 1. The maximum atomic E-state index is 11.7. The number of fused-ring (bicyclic) bond motifs is 1. The molecule has 17 heavy (non-hydrogen) atoms. The van der Waals surface area contributed by atoms with Gasteiger partial charge in [0.2, 0.25) is 0 Å². The lowest BCUT2D eigenvalue weighted by Crippen LogP contribution is -2.11. The predicted octanol–water partition coefficient (Wildman–Crippen LogP) is 4.04. The molecule has 0 unspecified atom stereocenters. The third-order valence-corrected chi connectivity index (χ3v) is 2.75. The van der Waals surface area contributed by atoms with Crippen molar-refractivity contribution in [1.82, 2.24) is 4.98 Å². The monoisotopic (exact) mass is 271 g/mol. The lowest BCUT2D eigenvalue weighted by Gasteiger charge is -2.05. The molecule has 90 valence electrons. The van der Waals surface area contributed by atoms with E-state index in [4.69, 9.17) is 27.9 Å². The number of carbonyl (C=O) groups excluding carboxylic acids is 1. The third-order valence-electron chi connectivity index (χ3n) is 2.21. The van der Waals surface area contributed by atoms with Crippen molar-refractivity contribution in [3.8, 4) is 0 Å². The molecule has 0 spiro atoms. The number of hydrogen-bond donors (Lipinski definition) is 1. The first-order chi connectivity index (χ1) is 7.97. The van der Waals surface area contributed by atoms with E-state index in [1.165, 1.54) is 0 Å². The average molecular weight is 272 g/mol. The molecule has 0 saturated carbocycles. The Labute approximate surface area is 109 Å². The van der Waals surface area contributed by atoms with Crippen LogP contribution in [0.5, 0.6) is 0 Å². The van der Waals surface area contributed by atoms with Gasteiger partial charge < -0.3 is 9.72 Å². The van der Waals surface area contributed by atoms with Gasteiger partial charge in [-0.15, -0.1) is 0 Å². The zero-order valence-electron chi connectivity index (χ0n) is 9.38. The van der Waals surface area contributed by atoms with Crippen molar-refractivity contribution in [1.29, 1.82) is 0 Å². The maximum Gasteiger partial charge on any atom is 0.355 e. The SMILES string of the molecule is CC(C)OC(=O)c1cc2c(Cl)cc(Cl)cc2[nH]1. The van der Waals surface area contributed by atoms with E-state index in [0.29, 0.717) is 15.7 Å². The number of rotatable bonds is 2. The lowest BCUT2D eigenvalue weighted by molar-refractivity contribution is 0.0372. The molecular formula is C12H11Cl2NO2. The van der Waals surface area contributed by atoms with Crippen molar-refractivity contribution in [2.75, 3.05) is 0 Å². The normalized spacial score (nSPS) is 11.1. The number of benzene rings is 1. The first-order valence-electron chi connectivity index (χ1n) is 5.16. The van der Waals surface area contributed by atoms with Crippen molar-refractivity contribution in [2.24, 2.45) is 0 Å². The number of ether oxygens (including phenoxy) is 1. The largest absolute Gasteiger partial charge is 0.458 e. The topological polar surface area (TPSA) is 42.1 Å². The summed E-state index contributed by atoms with van der Waals surface area (Å²) < 4.78 is 5.09. The number of H-pyrrole nitrogens is 1. The molecule has 1 aromatic heterocycles. The first-order valence-corrected chi connectivity index (χ1v) is 5.91. The molecule has 3 nitrogen and oxygen atoms in total. The Kier molecular flexibility index (Phi) is 3.31. The molecule has 5 heteroatoms. The lowest BCUT2D eigenvalue weighted by atomic mass is 10.2.